The van der Waals surface area contributed by atoms with E-state index in [1.165, 1.54) is 19.3 Å². The average molecular weight is 392 g/mol. The van der Waals surface area contributed by atoms with Crippen LogP contribution in [-0.2, 0) is 4.79 Å². The van der Waals surface area contributed by atoms with Gasteiger partial charge in [-0.1, -0.05) is 62.6 Å². The first-order valence-corrected chi connectivity index (χ1v) is 10.9. The Morgan fingerprint density at radius 3 is 2.58 bits per heavy atom. The van der Waals surface area contributed by atoms with Crippen LogP contribution in [0.5, 0.6) is 0 Å². The summed E-state index contributed by atoms with van der Waals surface area (Å²) in [6.07, 6.45) is 8.19. The number of hydrogen-bond acceptors (Lipinski definition) is 3. The molecule has 1 aliphatic carbocycles. The zero-order valence-electron chi connectivity index (χ0n) is 16.2. The Morgan fingerprint density at radius 2 is 1.92 bits per heavy atom. The summed E-state index contributed by atoms with van der Waals surface area (Å²) in [4.78, 5) is 17.7. The molecule has 1 saturated carbocycles. The molecule has 1 fully saturated rings. The van der Waals surface area contributed by atoms with Crippen molar-refractivity contribution >= 4 is 34.9 Å². The predicted octanol–water partition coefficient (Wildman–Crippen LogP) is 6.36. The highest BCUT2D eigenvalue weighted by Crippen LogP contribution is 2.34. The molecule has 4 heteroatoms. The second-order valence-corrected chi connectivity index (χ2v) is 9.42. The first-order chi connectivity index (χ1) is 12.4. The third-order valence-electron chi connectivity index (χ3n) is 4.74. The largest absolute Gasteiger partial charge is 0.294 e. The maximum atomic E-state index is 12.6. The van der Waals surface area contributed by atoms with Crippen LogP contribution in [0.25, 0.3) is 0 Å². The van der Waals surface area contributed by atoms with Crippen LogP contribution in [0, 0.1) is 5.92 Å². The number of carbonyl (C=O) groups is 1. The minimum atomic E-state index is -0.294. The maximum Gasteiger partial charge on any atom is 0.164 e. The highest BCUT2D eigenvalue weighted by atomic mass is 35.5. The minimum Gasteiger partial charge on any atom is -0.294 e. The Labute approximate surface area is 167 Å². The molecule has 0 bridgehead atoms. The van der Waals surface area contributed by atoms with Crippen LogP contribution >= 0.6 is 23.4 Å². The van der Waals surface area contributed by atoms with E-state index in [1.807, 2.05) is 49.9 Å². The molecule has 0 radical (unpaired) electrons. The molecule has 2 nitrogen and oxygen atoms in total. The SMILES string of the molecule is C/C=C/C(=O)C(C)C(=NC1CCCCC1SC(C)C)c1ccccc1Cl. The van der Waals surface area contributed by atoms with Crippen molar-refractivity contribution < 1.29 is 4.79 Å². The minimum absolute atomic E-state index is 0.0787. The Balaban J connectivity index is 2.43. The Morgan fingerprint density at radius 1 is 1.23 bits per heavy atom. The lowest BCUT2D eigenvalue weighted by Crippen LogP contribution is -2.31. The van der Waals surface area contributed by atoms with Gasteiger partial charge in [-0.05, 0) is 44.1 Å². The molecule has 0 amide bonds. The molecule has 0 saturated heterocycles. The Hall–Kier alpha value is -1.06. The van der Waals surface area contributed by atoms with Crippen LogP contribution in [0.1, 0.15) is 58.9 Å². The number of nitrogens with zero attached hydrogens (tertiary/aromatic N) is 1. The molecular formula is C22H30ClNOS. The third kappa shape index (κ3) is 5.72. The number of rotatable bonds is 7. The van der Waals surface area contributed by atoms with Gasteiger partial charge >= 0.3 is 0 Å². The van der Waals surface area contributed by atoms with Crippen molar-refractivity contribution in [3.05, 3.63) is 47.0 Å². The molecule has 3 atom stereocenters. The van der Waals surface area contributed by atoms with Crippen molar-refractivity contribution in [2.45, 2.75) is 69.9 Å². The van der Waals surface area contributed by atoms with Crippen molar-refractivity contribution in [1.82, 2.24) is 0 Å². The second kappa shape index (κ2) is 10.3. The molecule has 3 unspecified atom stereocenters. The quantitative estimate of drug-likeness (QED) is 0.399. The molecule has 0 N–H and O–H groups in total. The van der Waals surface area contributed by atoms with Gasteiger partial charge < -0.3 is 0 Å². The van der Waals surface area contributed by atoms with Gasteiger partial charge in [-0.15, -0.1) is 0 Å². The van der Waals surface area contributed by atoms with E-state index in [0.29, 0.717) is 15.5 Å². The molecule has 0 aliphatic heterocycles. The summed E-state index contributed by atoms with van der Waals surface area (Å²) >= 11 is 8.48. The highest BCUT2D eigenvalue weighted by Gasteiger charge is 2.29. The molecule has 1 aliphatic rings. The van der Waals surface area contributed by atoms with E-state index in [9.17, 15) is 4.79 Å². The first-order valence-electron chi connectivity index (χ1n) is 9.58. The molecule has 0 spiro atoms. The van der Waals surface area contributed by atoms with Crippen LogP contribution in [0.4, 0.5) is 0 Å². The second-order valence-electron chi connectivity index (χ2n) is 7.19. The third-order valence-corrected chi connectivity index (χ3v) is 6.51. The van der Waals surface area contributed by atoms with Crippen molar-refractivity contribution in [2.24, 2.45) is 10.9 Å². The number of aliphatic imine (C=N–C) groups is 1. The van der Waals surface area contributed by atoms with E-state index in [1.54, 1.807) is 12.2 Å². The number of halogens is 1. The predicted molar refractivity (Wildman–Crippen MR) is 116 cm³/mol. The number of benzene rings is 1. The van der Waals surface area contributed by atoms with Gasteiger partial charge in [0, 0.05) is 15.8 Å². The smallest absolute Gasteiger partial charge is 0.164 e. The molecule has 1 aromatic carbocycles. The highest BCUT2D eigenvalue weighted by molar-refractivity contribution is 8.00. The summed E-state index contributed by atoms with van der Waals surface area (Å²) in [5.74, 6) is -0.215. The standard InChI is InChI=1S/C22H30ClNOS/c1-5-10-20(25)16(4)22(17-11-6-7-12-18(17)23)24-19-13-8-9-14-21(19)26-15(2)3/h5-7,10-12,15-16,19,21H,8-9,13-14H2,1-4H3/b10-5+,24-22?. The van der Waals surface area contributed by atoms with Crippen LogP contribution in [0.15, 0.2) is 41.4 Å². The summed E-state index contributed by atoms with van der Waals surface area (Å²) < 4.78 is 0. The topological polar surface area (TPSA) is 29.4 Å². The number of allylic oxidation sites excluding steroid dienone is 2. The van der Waals surface area contributed by atoms with Crippen molar-refractivity contribution in [1.29, 1.82) is 0 Å². The summed E-state index contributed by atoms with van der Waals surface area (Å²) in [7, 11) is 0. The molecule has 142 valence electrons. The fraction of sp³-hybridized carbons (Fsp3) is 0.545. The van der Waals surface area contributed by atoms with Crippen LogP contribution in [0.3, 0.4) is 0 Å². The molecule has 0 heterocycles. The summed E-state index contributed by atoms with van der Waals surface area (Å²) in [6, 6.07) is 7.99. The van der Waals surface area contributed by atoms with Gasteiger partial charge in [-0.3, -0.25) is 9.79 Å². The number of hydrogen-bond donors (Lipinski definition) is 0. The number of thioether (sulfide) groups is 1. The number of ketones is 1. The van der Waals surface area contributed by atoms with Gasteiger partial charge in [0.25, 0.3) is 0 Å². The van der Waals surface area contributed by atoms with E-state index in [0.717, 1.165) is 17.7 Å². The maximum absolute atomic E-state index is 12.6. The monoisotopic (exact) mass is 391 g/mol. The van der Waals surface area contributed by atoms with Crippen LogP contribution in [0.2, 0.25) is 5.02 Å². The van der Waals surface area contributed by atoms with Gasteiger partial charge in [-0.2, -0.15) is 11.8 Å². The zero-order chi connectivity index (χ0) is 19.1. The molecule has 2 rings (SSSR count). The van der Waals surface area contributed by atoms with Crippen molar-refractivity contribution in [3.8, 4) is 0 Å². The van der Waals surface area contributed by atoms with Crippen LogP contribution in [-0.4, -0.2) is 28.0 Å². The van der Waals surface area contributed by atoms with Crippen molar-refractivity contribution in [2.75, 3.05) is 0 Å². The lowest BCUT2D eigenvalue weighted by Gasteiger charge is -2.31. The van der Waals surface area contributed by atoms with Crippen LogP contribution < -0.4 is 0 Å². The Kier molecular flexibility index (Phi) is 8.43. The average Bonchev–Trinajstić information content (AvgIpc) is 2.61. The van der Waals surface area contributed by atoms with Gasteiger partial charge in [0.1, 0.15) is 0 Å². The van der Waals surface area contributed by atoms with E-state index in [-0.39, 0.29) is 17.7 Å². The van der Waals surface area contributed by atoms with E-state index in [4.69, 9.17) is 16.6 Å². The van der Waals surface area contributed by atoms with E-state index < -0.39 is 0 Å². The molecule has 1 aromatic rings. The normalized spacial score (nSPS) is 22.8. The molecule has 26 heavy (non-hydrogen) atoms. The summed E-state index contributed by atoms with van der Waals surface area (Å²) in [5, 5.41) is 1.77. The van der Waals surface area contributed by atoms with Crippen molar-refractivity contribution in [3.63, 3.8) is 0 Å². The number of carbonyl (C=O) groups excluding carboxylic acids is 1. The van der Waals surface area contributed by atoms with E-state index in [2.05, 4.69) is 13.8 Å². The van der Waals surface area contributed by atoms with Gasteiger partial charge in [0.05, 0.1) is 17.7 Å². The lowest BCUT2D eigenvalue weighted by atomic mass is 9.91. The molecule has 0 aromatic heterocycles. The Bertz CT molecular complexity index is 668. The zero-order valence-corrected chi connectivity index (χ0v) is 17.8. The van der Waals surface area contributed by atoms with Gasteiger partial charge in [0.15, 0.2) is 5.78 Å². The lowest BCUT2D eigenvalue weighted by molar-refractivity contribution is -0.116. The fourth-order valence-corrected chi connectivity index (χ4v) is 5.05. The van der Waals surface area contributed by atoms with Gasteiger partial charge in [0.2, 0.25) is 0 Å². The summed E-state index contributed by atoms with van der Waals surface area (Å²) in [6.45, 7) is 8.30. The van der Waals surface area contributed by atoms with E-state index >= 15 is 0 Å². The summed E-state index contributed by atoms with van der Waals surface area (Å²) in [5.41, 5.74) is 1.72. The fourth-order valence-electron chi connectivity index (χ4n) is 3.44. The van der Waals surface area contributed by atoms with Gasteiger partial charge in [-0.25, -0.2) is 0 Å². The first kappa shape index (κ1) is 21.2. The molecular weight excluding hydrogens is 362 g/mol.